The lowest BCUT2D eigenvalue weighted by molar-refractivity contribution is 0.178. The van der Waals surface area contributed by atoms with E-state index in [2.05, 4.69) is 11.9 Å². The van der Waals surface area contributed by atoms with Crippen LogP contribution in [-0.2, 0) is 6.42 Å². The summed E-state index contributed by atoms with van der Waals surface area (Å²) >= 11 is 0. The van der Waals surface area contributed by atoms with Crippen LogP contribution in [0.15, 0.2) is 42.7 Å². The Labute approximate surface area is 119 Å². The van der Waals surface area contributed by atoms with Gasteiger partial charge >= 0.3 is 0 Å². The van der Waals surface area contributed by atoms with Gasteiger partial charge < -0.3 is 15.6 Å². The van der Waals surface area contributed by atoms with Crippen LogP contribution in [0.4, 0.5) is 5.69 Å². The van der Waals surface area contributed by atoms with Crippen LogP contribution in [0.25, 0.3) is 0 Å². The summed E-state index contributed by atoms with van der Waals surface area (Å²) in [5, 5.41) is 10.2. The van der Waals surface area contributed by atoms with Crippen molar-refractivity contribution < 1.29 is 9.84 Å². The zero-order valence-electron chi connectivity index (χ0n) is 11.6. The Kier molecular flexibility index (Phi) is 4.96. The van der Waals surface area contributed by atoms with Crippen molar-refractivity contribution in [3.05, 3.63) is 53.9 Å². The van der Waals surface area contributed by atoms with Gasteiger partial charge in [0.1, 0.15) is 5.75 Å². The van der Waals surface area contributed by atoms with Gasteiger partial charge in [-0.25, -0.2) is 0 Å². The molecule has 1 unspecified atom stereocenters. The molecule has 4 heteroatoms. The number of aliphatic hydroxyl groups excluding tert-OH is 1. The number of aromatic nitrogens is 1. The van der Waals surface area contributed by atoms with E-state index in [1.54, 1.807) is 18.5 Å². The number of aliphatic hydroxyl groups is 1. The minimum Gasteiger partial charge on any atom is -0.494 e. The van der Waals surface area contributed by atoms with E-state index in [0.29, 0.717) is 18.7 Å². The summed E-state index contributed by atoms with van der Waals surface area (Å²) in [6.45, 7) is 2.77. The molecule has 0 aliphatic carbocycles. The molecule has 0 saturated heterocycles. The second-order valence-electron chi connectivity index (χ2n) is 4.71. The van der Waals surface area contributed by atoms with Gasteiger partial charge in [0.25, 0.3) is 0 Å². The Balaban J connectivity index is 2.02. The Morgan fingerprint density at radius 1 is 1.25 bits per heavy atom. The molecule has 0 saturated carbocycles. The molecule has 2 rings (SSSR count). The van der Waals surface area contributed by atoms with Crippen molar-refractivity contribution in [2.75, 3.05) is 12.3 Å². The van der Waals surface area contributed by atoms with E-state index in [1.807, 2.05) is 24.3 Å². The largest absolute Gasteiger partial charge is 0.494 e. The molecule has 0 radical (unpaired) electrons. The second-order valence-corrected chi connectivity index (χ2v) is 4.71. The summed E-state index contributed by atoms with van der Waals surface area (Å²) in [6.07, 6.45) is 4.17. The first kappa shape index (κ1) is 14.3. The van der Waals surface area contributed by atoms with E-state index in [-0.39, 0.29) is 0 Å². The molecule has 0 bridgehead atoms. The summed E-state index contributed by atoms with van der Waals surface area (Å²) in [7, 11) is 0. The van der Waals surface area contributed by atoms with Gasteiger partial charge in [-0.3, -0.25) is 4.98 Å². The lowest BCUT2D eigenvalue weighted by Gasteiger charge is -2.13. The normalized spacial score (nSPS) is 12.1. The van der Waals surface area contributed by atoms with Gasteiger partial charge in [-0.1, -0.05) is 19.1 Å². The summed E-state index contributed by atoms with van der Waals surface area (Å²) in [6, 6.07) is 9.25. The SMILES string of the molecule is CCCOc1ccc(C(O)Cc2cnccc2N)cc1. The smallest absolute Gasteiger partial charge is 0.119 e. The van der Waals surface area contributed by atoms with Crippen LogP contribution in [0.3, 0.4) is 0 Å². The maximum Gasteiger partial charge on any atom is 0.119 e. The van der Waals surface area contributed by atoms with Crippen molar-refractivity contribution in [2.45, 2.75) is 25.9 Å². The van der Waals surface area contributed by atoms with Crippen molar-refractivity contribution in [1.82, 2.24) is 4.98 Å². The third-order valence-corrected chi connectivity index (χ3v) is 3.09. The highest BCUT2D eigenvalue weighted by Gasteiger charge is 2.10. The molecule has 0 fully saturated rings. The molecule has 1 heterocycles. The lowest BCUT2D eigenvalue weighted by atomic mass is 10.0. The Morgan fingerprint density at radius 2 is 2.00 bits per heavy atom. The Hall–Kier alpha value is -2.07. The number of nitrogen functional groups attached to an aromatic ring is 1. The number of hydrogen-bond donors (Lipinski definition) is 2. The van der Waals surface area contributed by atoms with Gasteiger partial charge in [-0.2, -0.15) is 0 Å². The Morgan fingerprint density at radius 3 is 2.65 bits per heavy atom. The summed E-state index contributed by atoms with van der Waals surface area (Å²) in [4.78, 5) is 4.03. The molecule has 4 nitrogen and oxygen atoms in total. The number of rotatable bonds is 6. The van der Waals surface area contributed by atoms with E-state index in [0.717, 1.165) is 23.3 Å². The number of ether oxygens (including phenoxy) is 1. The first-order chi connectivity index (χ1) is 9.70. The maximum absolute atomic E-state index is 10.2. The van der Waals surface area contributed by atoms with Gasteiger partial charge in [0.05, 0.1) is 12.7 Å². The van der Waals surface area contributed by atoms with Gasteiger partial charge in [0.2, 0.25) is 0 Å². The van der Waals surface area contributed by atoms with E-state index in [9.17, 15) is 5.11 Å². The van der Waals surface area contributed by atoms with E-state index < -0.39 is 6.10 Å². The number of nitrogens with zero attached hydrogens (tertiary/aromatic N) is 1. The number of nitrogens with two attached hydrogens (primary N) is 1. The number of benzene rings is 1. The summed E-state index contributed by atoms with van der Waals surface area (Å²) < 4.78 is 5.52. The maximum atomic E-state index is 10.2. The third kappa shape index (κ3) is 3.71. The molecule has 0 aliphatic heterocycles. The second kappa shape index (κ2) is 6.91. The van der Waals surface area contributed by atoms with Gasteiger partial charge in [-0.15, -0.1) is 0 Å². The zero-order chi connectivity index (χ0) is 14.4. The van der Waals surface area contributed by atoms with E-state index in [4.69, 9.17) is 10.5 Å². The molecule has 1 aromatic carbocycles. The van der Waals surface area contributed by atoms with Crippen LogP contribution in [0.1, 0.15) is 30.6 Å². The van der Waals surface area contributed by atoms with Crippen LogP contribution >= 0.6 is 0 Å². The fourth-order valence-electron chi connectivity index (χ4n) is 1.94. The van der Waals surface area contributed by atoms with Crippen LogP contribution in [0.5, 0.6) is 5.75 Å². The van der Waals surface area contributed by atoms with Crippen LogP contribution in [0.2, 0.25) is 0 Å². The van der Waals surface area contributed by atoms with Gasteiger partial charge in [0.15, 0.2) is 0 Å². The van der Waals surface area contributed by atoms with Crippen molar-refractivity contribution in [3.8, 4) is 5.75 Å². The molecule has 3 N–H and O–H groups in total. The van der Waals surface area contributed by atoms with Crippen molar-refractivity contribution >= 4 is 5.69 Å². The molecule has 0 aliphatic rings. The topological polar surface area (TPSA) is 68.4 Å². The van der Waals surface area contributed by atoms with Gasteiger partial charge in [-0.05, 0) is 35.7 Å². The monoisotopic (exact) mass is 272 g/mol. The zero-order valence-corrected chi connectivity index (χ0v) is 11.6. The highest BCUT2D eigenvalue weighted by atomic mass is 16.5. The average molecular weight is 272 g/mol. The highest BCUT2D eigenvalue weighted by molar-refractivity contribution is 5.45. The standard InChI is InChI=1S/C16H20N2O2/c1-2-9-20-14-5-3-12(4-6-14)16(19)10-13-11-18-8-7-15(13)17/h3-8,11,16,19H,2,9-10H2,1H3,(H2,17,18). The minimum atomic E-state index is -0.596. The third-order valence-electron chi connectivity index (χ3n) is 3.09. The van der Waals surface area contributed by atoms with Crippen LogP contribution < -0.4 is 10.5 Å². The van der Waals surface area contributed by atoms with Crippen molar-refractivity contribution in [2.24, 2.45) is 0 Å². The van der Waals surface area contributed by atoms with Gasteiger partial charge in [0, 0.05) is 24.5 Å². The minimum absolute atomic E-state index is 0.453. The Bertz CT molecular complexity index is 540. The molecule has 0 amide bonds. The molecule has 2 aromatic rings. The van der Waals surface area contributed by atoms with Crippen molar-refractivity contribution in [3.63, 3.8) is 0 Å². The molecular weight excluding hydrogens is 252 g/mol. The molecule has 106 valence electrons. The lowest BCUT2D eigenvalue weighted by Crippen LogP contribution is -2.05. The number of hydrogen-bond acceptors (Lipinski definition) is 4. The summed E-state index contributed by atoms with van der Waals surface area (Å²) in [5.41, 5.74) is 8.21. The molecule has 1 aromatic heterocycles. The number of anilines is 1. The fourth-order valence-corrected chi connectivity index (χ4v) is 1.94. The molecule has 20 heavy (non-hydrogen) atoms. The van der Waals surface area contributed by atoms with E-state index >= 15 is 0 Å². The molecule has 1 atom stereocenters. The quantitative estimate of drug-likeness (QED) is 0.848. The average Bonchev–Trinajstić information content (AvgIpc) is 2.48. The predicted molar refractivity (Wildman–Crippen MR) is 79.5 cm³/mol. The molecular formula is C16H20N2O2. The highest BCUT2D eigenvalue weighted by Crippen LogP contribution is 2.23. The first-order valence-electron chi connectivity index (χ1n) is 6.80. The van der Waals surface area contributed by atoms with E-state index in [1.165, 1.54) is 0 Å². The van der Waals surface area contributed by atoms with Crippen molar-refractivity contribution in [1.29, 1.82) is 0 Å². The van der Waals surface area contributed by atoms with Crippen LogP contribution in [0, 0.1) is 0 Å². The van der Waals surface area contributed by atoms with Crippen LogP contribution in [-0.4, -0.2) is 16.7 Å². The number of pyridine rings is 1. The summed E-state index contributed by atoms with van der Waals surface area (Å²) in [5.74, 6) is 0.823. The molecule has 0 spiro atoms. The predicted octanol–water partition coefficient (Wildman–Crippen LogP) is 2.73. The fraction of sp³-hybridized carbons (Fsp3) is 0.312. The first-order valence-corrected chi connectivity index (χ1v) is 6.80.